The SMILES string of the molecule is Cc1nc(N/N=C\c2cc(Cl)c(OCC(C)C)c(Cl)c2)sc1C. The molecule has 7 heteroatoms. The van der Waals surface area contributed by atoms with E-state index in [4.69, 9.17) is 27.9 Å². The molecule has 1 N–H and O–H groups in total. The second kappa shape index (κ2) is 7.99. The van der Waals surface area contributed by atoms with Crippen molar-refractivity contribution in [2.75, 3.05) is 12.0 Å². The van der Waals surface area contributed by atoms with Crippen molar-refractivity contribution in [2.24, 2.45) is 11.0 Å². The van der Waals surface area contributed by atoms with Crippen molar-refractivity contribution in [2.45, 2.75) is 27.7 Å². The maximum atomic E-state index is 6.24. The smallest absolute Gasteiger partial charge is 0.203 e. The number of ether oxygens (including phenoxy) is 1. The van der Waals surface area contributed by atoms with Crippen LogP contribution >= 0.6 is 34.5 Å². The van der Waals surface area contributed by atoms with Gasteiger partial charge in [-0.05, 0) is 37.5 Å². The molecule has 4 nitrogen and oxygen atoms in total. The van der Waals surface area contributed by atoms with E-state index in [0.717, 1.165) is 16.4 Å². The molecular weight excluding hydrogens is 353 g/mol. The van der Waals surface area contributed by atoms with Gasteiger partial charge in [0.2, 0.25) is 5.13 Å². The Morgan fingerprint density at radius 3 is 2.48 bits per heavy atom. The Morgan fingerprint density at radius 2 is 1.96 bits per heavy atom. The number of rotatable bonds is 6. The van der Waals surface area contributed by atoms with Gasteiger partial charge in [0.25, 0.3) is 0 Å². The van der Waals surface area contributed by atoms with Gasteiger partial charge in [-0.3, -0.25) is 5.43 Å². The Balaban J connectivity index is 2.07. The summed E-state index contributed by atoms with van der Waals surface area (Å²) in [5.74, 6) is 0.913. The van der Waals surface area contributed by atoms with E-state index < -0.39 is 0 Å². The number of hydrazone groups is 1. The quantitative estimate of drug-likeness (QED) is 0.534. The van der Waals surface area contributed by atoms with E-state index >= 15 is 0 Å². The molecule has 0 bridgehead atoms. The van der Waals surface area contributed by atoms with Crippen LogP contribution in [0.15, 0.2) is 17.2 Å². The molecule has 23 heavy (non-hydrogen) atoms. The highest BCUT2D eigenvalue weighted by atomic mass is 35.5. The second-order valence-electron chi connectivity index (χ2n) is 5.55. The van der Waals surface area contributed by atoms with Gasteiger partial charge < -0.3 is 4.74 Å². The lowest BCUT2D eigenvalue weighted by Crippen LogP contribution is -2.05. The van der Waals surface area contributed by atoms with Gasteiger partial charge in [-0.15, -0.1) is 11.3 Å². The molecule has 0 spiro atoms. The number of thiazole rings is 1. The minimum Gasteiger partial charge on any atom is -0.490 e. The van der Waals surface area contributed by atoms with Crippen LogP contribution < -0.4 is 10.2 Å². The van der Waals surface area contributed by atoms with Crippen LogP contribution in [0.2, 0.25) is 10.0 Å². The predicted octanol–water partition coefficient (Wildman–Crippen LogP) is 5.55. The van der Waals surface area contributed by atoms with Crippen LogP contribution in [0.4, 0.5) is 5.13 Å². The van der Waals surface area contributed by atoms with E-state index in [-0.39, 0.29) is 0 Å². The molecule has 0 amide bonds. The molecule has 1 aromatic carbocycles. The molecular formula is C16H19Cl2N3OS. The first-order valence-electron chi connectivity index (χ1n) is 7.21. The third-order valence-electron chi connectivity index (χ3n) is 2.98. The van der Waals surface area contributed by atoms with Crippen LogP contribution in [0.25, 0.3) is 0 Å². The third kappa shape index (κ3) is 5.09. The number of nitrogens with zero attached hydrogens (tertiary/aromatic N) is 2. The van der Waals surface area contributed by atoms with E-state index in [1.165, 1.54) is 4.88 Å². The Bertz CT molecular complexity index is 671. The highest BCUT2D eigenvalue weighted by Crippen LogP contribution is 2.34. The number of aryl methyl sites for hydroxylation is 2. The van der Waals surface area contributed by atoms with Crippen LogP contribution in [-0.2, 0) is 0 Å². The molecule has 0 atom stereocenters. The average molecular weight is 372 g/mol. The van der Waals surface area contributed by atoms with Gasteiger partial charge in [0, 0.05) is 4.88 Å². The molecule has 1 aromatic heterocycles. The topological polar surface area (TPSA) is 46.5 Å². The van der Waals surface area contributed by atoms with E-state index in [1.807, 2.05) is 13.8 Å². The Kier molecular flexibility index (Phi) is 6.27. The number of nitrogens with one attached hydrogen (secondary N) is 1. The van der Waals surface area contributed by atoms with Crippen LogP contribution in [0.5, 0.6) is 5.75 Å². The summed E-state index contributed by atoms with van der Waals surface area (Å²) in [6.45, 7) is 8.69. The van der Waals surface area contributed by atoms with Crippen LogP contribution in [0, 0.1) is 19.8 Å². The first-order valence-corrected chi connectivity index (χ1v) is 8.79. The lowest BCUT2D eigenvalue weighted by Gasteiger charge is -2.12. The number of hydrogen-bond donors (Lipinski definition) is 1. The van der Waals surface area contributed by atoms with Crippen molar-refractivity contribution in [3.05, 3.63) is 38.3 Å². The van der Waals surface area contributed by atoms with Gasteiger partial charge in [0.05, 0.1) is 28.6 Å². The average Bonchev–Trinajstić information content (AvgIpc) is 2.76. The van der Waals surface area contributed by atoms with Gasteiger partial charge in [-0.25, -0.2) is 4.98 Å². The highest BCUT2D eigenvalue weighted by Gasteiger charge is 2.10. The van der Waals surface area contributed by atoms with Crippen molar-refractivity contribution in [3.63, 3.8) is 0 Å². The minimum atomic E-state index is 0.401. The Hall–Kier alpha value is -1.30. The van der Waals surface area contributed by atoms with Crippen molar-refractivity contribution in [1.82, 2.24) is 4.98 Å². The first-order chi connectivity index (χ1) is 10.9. The van der Waals surface area contributed by atoms with Gasteiger partial charge in [0.15, 0.2) is 5.75 Å². The summed E-state index contributed by atoms with van der Waals surface area (Å²) in [6, 6.07) is 3.54. The van der Waals surface area contributed by atoms with Crippen LogP contribution in [-0.4, -0.2) is 17.8 Å². The number of hydrogen-bond acceptors (Lipinski definition) is 5. The Morgan fingerprint density at radius 1 is 1.30 bits per heavy atom. The first kappa shape index (κ1) is 18.0. The zero-order valence-electron chi connectivity index (χ0n) is 13.5. The molecule has 0 fully saturated rings. The maximum absolute atomic E-state index is 6.24. The summed E-state index contributed by atoms with van der Waals surface area (Å²) in [5.41, 5.74) is 4.70. The molecule has 0 aliphatic rings. The van der Waals surface area contributed by atoms with E-state index in [9.17, 15) is 0 Å². The summed E-state index contributed by atoms with van der Waals surface area (Å²) in [6.07, 6.45) is 1.65. The maximum Gasteiger partial charge on any atom is 0.203 e. The van der Waals surface area contributed by atoms with Gasteiger partial charge >= 0.3 is 0 Å². The fraction of sp³-hybridized carbons (Fsp3) is 0.375. The standard InChI is InChI=1S/C16H19Cl2N3OS/c1-9(2)8-22-15-13(17)5-12(6-14(15)18)7-19-21-16-20-10(3)11(4)23-16/h5-7,9H,8H2,1-4H3,(H,20,21)/b19-7-. The summed E-state index contributed by atoms with van der Waals surface area (Å²) >= 11 is 14.0. The predicted molar refractivity (Wildman–Crippen MR) is 99.6 cm³/mol. The zero-order chi connectivity index (χ0) is 17.0. The third-order valence-corrected chi connectivity index (χ3v) is 4.52. The number of aromatic nitrogens is 1. The highest BCUT2D eigenvalue weighted by molar-refractivity contribution is 7.15. The second-order valence-corrected chi connectivity index (χ2v) is 7.57. The molecule has 0 aliphatic carbocycles. The number of halogens is 2. The van der Waals surface area contributed by atoms with Gasteiger partial charge in [0.1, 0.15) is 0 Å². The summed E-state index contributed by atoms with van der Waals surface area (Å²) in [7, 11) is 0. The molecule has 0 saturated heterocycles. The lowest BCUT2D eigenvalue weighted by molar-refractivity contribution is 0.271. The Labute approximate surface area is 150 Å². The molecule has 1 heterocycles. The van der Waals surface area contributed by atoms with Crippen molar-refractivity contribution >= 4 is 45.9 Å². The van der Waals surface area contributed by atoms with E-state index in [1.54, 1.807) is 29.7 Å². The minimum absolute atomic E-state index is 0.401. The number of anilines is 1. The fourth-order valence-electron chi connectivity index (χ4n) is 1.72. The van der Waals surface area contributed by atoms with Crippen molar-refractivity contribution in [1.29, 1.82) is 0 Å². The van der Waals surface area contributed by atoms with Gasteiger partial charge in [-0.1, -0.05) is 37.0 Å². The van der Waals surface area contributed by atoms with Crippen LogP contribution in [0.3, 0.4) is 0 Å². The fourth-order valence-corrected chi connectivity index (χ4v) is 3.10. The molecule has 0 aliphatic heterocycles. The molecule has 0 saturated carbocycles. The zero-order valence-corrected chi connectivity index (χ0v) is 15.8. The lowest BCUT2D eigenvalue weighted by atomic mass is 10.2. The van der Waals surface area contributed by atoms with Crippen molar-refractivity contribution in [3.8, 4) is 5.75 Å². The monoisotopic (exact) mass is 371 g/mol. The summed E-state index contributed by atoms with van der Waals surface area (Å²) in [4.78, 5) is 5.52. The molecule has 0 radical (unpaired) electrons. The summed E-state index contributed by atoms with van der Waals surface area (Å²) in [5, 5.41) is 5.87. The van der Waals surface area contributed by atoms with Gasteiger partial charge in [-0.2, -0.15) is 5.10 Å². The van der Waals surface area contributed by atoms with E-state index in [2.05, 4.69) is 29.4 Å². The summed E-state index contributed by atoms with van der Waals surface area (Å²) < 4.78 is 5.64. The van der Waals surface area contributed by atoms with Crippen molar-refractivity contribution < 1.29 is 4.74 Å². The molecule has 0 unspecified atom stereocenters. The largest absolute Gasteiger partial charge is 0.490 e. The van der Waals surface area contributed by atoms with E-state index in [0.29, 0.717) is 28.3 Å². The normalized spacial score (nSPS) is 11.4. The molecule has 2 rings (SSSR count). The molecule has 124 valence electrons. The number of benzene rings is 1. The molecule has 2 aromatic rings. The van der Waals surface area contributed by atoms with Crippen LogP contribution in [0.1, 0.15) is 30.0 Å².